The zero-order valence-corrected chi connectivity index (χ0v) is 12.4. The normalized spacial score (nSPS) is 17.9. The Balaban J connectivity index is 2.08. The van der Waals surface area contributed by atoms with Gasteiger partial charge in [0.15, 0.2) is 0 Å². The first kappa shape index (κ1) is 14.2. The predicted octanol–water partition coefficient (Wildman–Crippen LogP) is 3.20. The molecule has 0 spiro atoms. The summed E-state index contributed by atoms with van der Waals surface area (Å²) >= 11 is 0. The van der Waals surface area contributed by atoms with Gasteiger partial charge in [-0.25, -0.2) is 0 Å². The maximum atomic E-state index is 5.48. The third-order valence-electron chi connectivity index (χ3n) is 4.09. The topological polar surface area (TPSA) is 30.5 Å². The fraction of sp³-hybridized carbons (Fsp3) is 0.625. The van der Waals surface area contributed by atoms with Gasteiger partial charge in [-0.15, -0.1) is 0 Å². The molecule has 0 aromatic heterocycles. The van der Waals surface area contributed by atoms with E-state index in [1.165, 1.54) is 18.4 Å². The fourth-order valence-electron chi connectivity index (χ4n) is 2.32. The molecule has 2 atom stereocenters. The van der Waals surface area contributed by atoms with Crippen molar-refractivity contribution in [2.24, 2.45) is 5.92 Å². The van der Waals surface area contributed by atoms with Gasteiger partial charge in [-0.05, 0) is 49.4 Å². The second-order valence-corrected chi connectivity index (χ2v) is 5.56. The average molecular weight is 263 g/mol. The van der Waals surface area contributed by atoms with E-state index >= 15 is 0 Å². The Morgan fingerprint density at radius 1 is 1.21 bits per heavy atom. The van der Waals surface area contributed by atoms with Crippen LogP contribution >= 0.6 is 0 Å². The van der Waals surface area contributed by atoms with Gasteiger partial charge in [0.05, 0.1) is 14.2 Å². The highest BCUT2D eigenvalue weighted by Gasteiger charge is 2.24. The number of benzene rings is 1. The Kier molecular flexibility index (Phi) is 4.70. The van der Waals surface area contributed by atoms with Gasteiger partial charge < -0.3 is 14.8 Å². The molecule has 0 saturated heterocycles. The van der Waals surface area contributed by atoms with Crippen molar-refractivity contribution < 1.29 is 9.47 Å². The molecular weight excluding hydrogens is 238 g/mol. The van der Waals surface area contributed by atoms with E-state index in [-0.39, 0.29) is 0 Å². The van der Waals surface area contributed by atoms with Crippen LogP contribution in [0.15, 0.2) is 18.2 Å². The highest BCUT2D eigenvalue weighted by atomic mass is 16.5. The lowest BCUT2D eigenvalue weighted by Gasteiger charge is -2.23. The molecule has 1 fully saturated rings. The van der Waals surface area contributed by atoms with Crippen molar-refractivity contribution in [2.75, 3.05) is 20.8 Å². The molecule has 1 aromatic rings. The predicted molar refractivity (Wildman–Crippen MR) is 78.1 cm³/mol. The maximum absolute atomic E-state index is 5.48. The van der Waals surface area contributed by atoms with Gasteiger partial charge in [0.2, 0.25) is 0 Å². The quantitative estimate of drug-likeness (QED) is 0.819. The van der Waals surface area contributed by atoms with Crippen LogP contribution in [0.5, 0.6) is 11.5 Å². The number of rotatable bonds is 7. The van der Waals surface area contributed by atoms with Crippen LogP contribution in [-0.4, -0.2) is 26.8 Å². The van der Waals surface area contributed by atoms with E-state index in [1.54, 1.807) is 14.2 Å². The summed E-state index contributed by atoms with van der Waals surface area (Å²) in [4.78, 5) is 0. The van der Waals surface area contributed by atoms with E-state index < -0.39 is 0 Å². The van der Waals surface area contributed by atoms with Crippen LogP contribution in [0.25, 0.3) is 0 Å². The van der Waals surface area contributed by atoms with Gasteiger partial charge in [-0.3, -0.25) is 0 Å². The smallest absolute Gasteiger partial charge is 0.122 e. The van der Waals surface area contributed by atoms with E-state index in [1.807, 2.05) is 12.1 Å². The minimum atomic E-state index is 0.441. The second-order valence-electron chi connectivity index (χ2n) is 5.56. The van der Waals surface area contributed by atoms with Crippen molar-refractivity contribution in [2.45, 2.75) is 38.6 Å². The molecule has 1 saturated carbocycles. The van der Waals surface area contributed by atoms with E-state index in [2.05, 4.69) is 25.2 Å². The Morgan fingerprint density at radius 3 is 2.53 bits per heavy atom. The minimum absolute atomic E-state index is 0.441. The monoisotopic (exact) mass is 263 g/mol. The van der Waals surface area contributed by atoms with Crippen molar-refractivity contribution in [1.82, 2.24) is 5.32 Å². The van der Waals surface area contributed by atoms with Crippen LogP contribution in [-0.2, 0) is 0 Å². The number of ether oxygens (including phenoxy) is 2. The maximum Gasteiger partial charge on any atom is 0.122 e. The summed E-state index contributed by atoms with van der Waals surface area (Å²) in [5.41, 5.74) is 1.23. The van der Waals surface area contributed by atoms with Crippen LogP contribution in [0.3, 0.4) is 0 Å². The van der Waals surface area contributed by atoms with Gasteiger partial charge in [0, 0.05) is 11.6 Å². The molecule has 3 nitrogen and oxygen atoms in total. The molecule has 2 unspecified atom stereocenters. The molecule has 1 aliphatic rings. The highest BCUT2D eigenvalue weighted by molar-refractivity contribution is 5.42. The summed E-state index contributed by atoms with van der Waals surface area (Å²) in [6.07, 6.45) is 2.67. The van der Waals surface area contributed by atoms with Crippen LogP contribution in [0.2, 0.25) is 0 Å². The Morgan fingerprint density at radius 2 is 1.95 bits per heavy atom. The molecule has 106 valence electrons. The Labute approximate surface area is 116 Å². The van der Waals surface area contributed by atoms with Crippen molar-refractivity contribution in [3.05, 3.63) is 23.8 Å². The number of hydrogen-bond acceptors (Lipinski definition) is 3. The molecule has 0 amide bonds. The molecule has 0 radical (unpaired) electrons. The lowest BCUT2D eigenvalue weighted by molar-refractivity contribution is 0.381. The van der Waals surface area contributed by atoms with Crippen LogP contribution in [0.1, 0.15) is 38.2 Å². The first-order valence-electron chi connectivity index (χ1n) is 7.11. The third kappa shape index (κ3) is 3.63. The summed E-state index contributed by atoms with van der Waals surface area (Å²) in [6.45, 7) is 5.61. The molecule has 19 heavy (non-hydrogen) atoms. The van der Waals surface area contributed by atoms with Crippen LogP contribution < -0.4 is 14.8 Å². The molecule has 1 aromatic carbocycles. The van der Waals surface area contributed by atoms with Gasteiger partial charge in [-0.2, -0.15) is 0 Å². The first-order chi connectivity index (χ1) is 9.15. The van der Waals surface area contributed by atoms with Crippen molar-refractivity contribution in [1.29, 1.82) is 0 Å². The van der Waals surface area contributed by atoms with Crippen molar-refractivity contribution >= 4 is 0 Å². The largest absolute Gasteiger partial charge is 0.497 e. The molecule has 0 aliphatic heterocycles. The Bertz CT molecular complexity index is 415. The molecule has 1 aliphatic carbocycles. The summed E-state index contributed by atoms with van der Waals surface area (Å²) in [5.74, 6) is 2.86. The summed E-state index contributed by atoms with van der Waals surface area (Å²) < 4.78 is 10.8. The standard InChI is InChI=1S/C16H25NO2/c1-11(10-17-13-5-6-13)12(2)15-9-14(18-3)7-8-16(15)19-4/h7-9,11-13,17H,5-6,10H2,1-4H3. The van der Waals surface area contributed by atoms with Crippen molar-refractivity contribution in [3.8, 4) is 11.5 Å². The number of nitrogens with one attached hydrogen (secondary N) is 1. The zero-order chi connectivity index (χ0) is 13.8. The van der Waals surface area contributed by atoms with Crippen molar-refractivity contribution in [3.63, 3.8) is 0 Å². The van der Waals surface area contributed by atoms with E-state index in [9.17, 15) is 0 Å². The van der Waals surface area contributed by atoms with Gasteiger partial charge in [0.25, 0.3) is 0 Å². The van der Waals surface area contributed by atoms with Gasteiger partial charge >= 0.3 is 0 Å². The third-order valence-corrected chi connectivity index (χ3v) is 4.09. The zero-order valence-electron chi connectivity index (χ0n) is 12.4. The summed E-state index contributed by atoms with van der Waals surface area (Å²) in [5, 5.41) is 3.60. The van der Waals surface area contributed by atoms with Gasteiger partial charge in [-0.1, -0.05) is 13.8 Å². The SMILES string of the molecule is COc1ccc(OC)c(C(C)C(C)CNC2CC2)c1. The average Bonchev–Trinajstić information content (AvgIpc) is 3.27. The summed E-state index contributed by atoms with van der Waals surface area (Å²) in [6, 6.07) is 6.80. The first-order valence-corrected chi connectivity index (χ1v) is 7.11. The highest BCUT2D eigenvalue weighted by Crippen LogP contribution is 2.34. The molecule has 3 heteroatoms. The van der Waals surface area contributed by atoms with Crippen LogP contribution in [0.4, 0.5) is 0 Å². The summed E-state index contributed by atoms with van der Waals surface area (Å²) in [7, 11) is 3.43. The fourth-order valence-corrected chi connectivity index (χ4v) is 2.32. The lowest BCUT2D eigenvalue weighted by Crippen LogP contribution is -2.26. The van der Waals surface area contributed by atoms with Crippen LogP contribution in [0, 0.1) is 5.92 Å². The second kappa shape index (κ2) is 6.29. The molecule has 0 heterocycles. The van der Waals surface area contributed by atoms with E-state index in [4.69, 9.17) is 9.47 Å². The van der Waals surface area contributed by atoms with Gasteiger partial charge in [0.1, 0.15) is 11.5 Å². The minimum Gasteiger partial charge on any atom is -0.497 e. The van der Waals surface area contributed by atoms with E-state index in [0.29, 0.717) is 11.8 Å². The lowest BCUT2D eigenvalue weighted by atomic mass is 9.88. The molecule has 2 rings (SSSR count). The molecule has 0 bridgehead atoms. The van der Waals surface area contributed by atoms with E-state index in [0.717, 1.165) is 24.1 Å². The Hall–Kier alpha value is -1.22. The molecular formula is C16H25NO2. The number of hydrogen-bond donors (Lipinski definition) is 1. The molecule has 1 N–H and O–H groups in total. The number of methoxy groups -OCH3 is 2.